The normalized spacial score (nSPS) is 11.4. The second kappa shape index (κ2) is 38.5. The maximum absolute atomic E-state index is 10.3. The van der Waals surface area contributed by atoms with E-state index < -0.39 is 18.3 Å². The Morgan fingerprint density at radius 1 is 0.434 bits per heavy atom. The molecule has 3 atom stereocenters. The summed E-state index contributed by atoms with van der Waals surface area (Å²) in [4.78, 5) is 37.2. The fraction of sp³-hybridized carbons (Fsp3) is 0.300. The van der Waals surface area contributed by atoms with Crippen molar-refractivity contribution >= 4 is 123 Å². The van der Waals surface area contributed by atoms with Gasteiger partial charge in [0.1, 0.15) is 6.29 Å². The number of carbonyl (C=O) groups is 3. The number of aldehydes is 3. The van der Waals surface area contributed by atoms with Crippen LogP contribution in [0.4, 0.5) is 11.4 Å². The molecule has 16 heteroatoms. The molecule has 0 aliphatic rings. The number of nitrogens with zero attached hydrogens (tertiary/aromatic N) is 2. The Morgan fingerprint density at radius 3 is 1.08 bits per heavy atom. The van der Waals surface area contributed by atoms with Crippen molar-refractivity contribution in [3.8, 4) is 0 Å². The number of carbonyl (C=O) groups excluding carboxylic acids is 3. The fourth-order valence-corrected chi connectivity index (χ4v) is 7.05. The van der Waals surface area contributed by atoms with Crippen molar-refractivity contribution in [3.05, 3.63) is 226 Å². The number of para-hydroxylation sites is 2. The first-order valence-corrected chi connectivity index (χ1v) is 25.2. The van der Waals surface area contributed by atoms with Gasteiger partial charge in [-0.25, -0.2) is 9.69 Å². The number of aliphatic hydroxyl groups excluding tert-OH is 3. The van der Waals surface area contributed by atoms with Crippen LogP contribution in [0.2, 0.25) is 30.1 Å². The summed E-state index contributed by atoms with van der Waals surface area (Å²) >= 11 is 34.8. The number of hydrogen-bond donors (Lipinski definition) is 3. The van der Waals surface area contributed by atoms with Crippen LogP contribution in [0.5, 0.6) is 0 Å². The van der Waals surface area contributed by atoms with Crippen molar-refractivity contribution in [2.45, 2.75) is 101 Å². The molecule has 0 aliphatic heterocycles. The molecule has 0 fully saturated rings. The predicted molar refractivity (Wildman–Crippen MR) is 317 cm³/mol. The third kappa shape index (κ3) is 28.6. The van der Waals surface area contributed by atoms with Crippen molar-refractivity contribution in [2.75, 3.05) is 0 Å². The summed E-state index contributed by atoms with van der Waals surface area (Å²) in [7, 11) is 0. The topological polar surface area (TPSA) is 121 Å². The average molecular weight is 1180 g/mol. The Morgan fingerprint density at radius 2 is 0.750 bits per heavy atom. The number of benzene rings is 6. The average Bonchev–Trinajstić information content (AvgIpc) is 3.34. The Balaban J connectivity index is -0.000000830. The number of halogens is 7. The molecule has 0 aliphatic carbocycles. The monoisotopic (exact) mass is 1180 g/mol. The van der Waals surface area contributed by atoms with Gasteiger partial charge in [-0.1, -0.05) is 229 Å². The fourth-order valence-electron chi connectivity index (χ4n) is 5.54. The van der Waals surface area contributed by atoms with Gasteiger partial charge >= 0.3 is 23.1 Å². The van der Waals surface area contributed by atoms with E-state index in [2.05, 4.69) is 30.5 Å². The minimum atomic E-state index is -0.649. The van der Waals surface area contributed by atoms with E-state index in [1.165, 1.54) is 5.92 Å². The van der Waals surface area contributed by atoms with E-state index in [0.29, 0.717) is 76.3 Å². The molecule has 0 amide bonds. The molecule has 76 heavy (non-hydrogen) atoms. The van der Waals surface area contributed by atoms with Crippen LogP contribution >= 0.6 is 69.6 Å². The molecule has 404 valence electrons. The molecule has 0 aromatic heterocycles. The molecular weight excluding hydrogens is 1120 g/mol. The molecular formula is C60H67Cl7MgN2O6. The first-order chi connectivity index (χ1) is 34.4. The van der Waals surface area contributed by atoms with Gasteiger partial charge in [0, 0.05) is 31.8 Å². The molecule has 0 saturated carbocycles. The first-order valence-electron chi connectivity index (χ1n) is 22.9. The molecule has 0 radical (unpaired) electrons. The largest absolute Gasteiger partial charge is 2.00 e. The summed E-state index contributed by atoms with van der Waals surface area (Å²) in [5.41, 5.74) is 3.75. The Kier molecular flexibility index (Phi) is 38.6. The van der Waals surface area contributed by atoms with E-state index in [-0.39, 0.29) is 51.7 Å². The first kappa shape index (κ1) is 76.2. The molecule has 0 spiro atoms. The minimum absolute atomic E-state index is 0. The summed E-state index contributed by atoms with van der Waals surface area (Å²) < 4.78 is 0. The van der Waals surface area contributed by atoms with Gasteiger partial charge in [0.25, 0.3) is 0 Å². The van der Waals surface area contributed by atoms with Crippen LogP contribution in [-0.2, 0) is 0 Å². The second-order valence-corrected chi connectivity index (χ2v) is 22.3. The van der Waals surface area contributed by atoms with E-state index in [1.807, 2.05) is 98.7 Å². The van der Waals surface area contributed by atoms with Crippen LogP contribution < -0.4 is 12.4 Å². The molecule has 6 aromatic carbocycles. The van der Waals surface area contributed by atoms with Gasteiger partial charge in [0.15, 0.2) is 23.9 Å². The maximum Gasteiger partial charge on any atom is 2.00 e. The van der Waals surface area contributed by atoms with Gasteiger partial charge in [-0.05, 0) is 63.8 Å². The summed E-state index contributed by atoms with van der Waals surface area (Å²) in [6.07, 6.45) is 0.318. The molecule has 0 heterocycles. The van der Waals surface area contributed by atoms with Crippen LogP contribution in [0.1, 0.15) is 149 Å². The van der Waals surface area contributed by atoms with Crippen LogP contribution in [0.25, 0.3) is 9.69 Å². The van der Waals surface area contributed by atoms with Gasteiger partial charge in [0.2, 0.25) is 0 Å². The van der Waals surface area contributed by atoms with E-state index in [0.717, 1.165) is 17.4 Å². The number of aliphatic hydroxyl groups is 3. The van der Waals surface area contributed by atoms with Crippen molar-refractivity contribution in [3.63, 3.8) is 0 Å². The Hall–Kier alpha value is -4.01. The third-order valence-corrected chi connectivity index (χ3v) is 11.6. The standard InChI is InChI=1S/C12H15NO.C11H14Cl2O.C11H15ClO.C8H5NO.C7H4Cl2O.C7H5ClO.C4H9.ClH.Mg/c1-12(2,3)11(14)9-7-5-6-8-10(9)13-4;1-11(2,3)10(14)9-7(12)5-4-6-8(9)13;1-11(2,3)10(13)8-6-4-5-7-9(8)12;1-9-8-5-3-2-4-7(8)6-10;8-6-2-1-3-7(9)5(6)4-10;8-7-4-2-1-3-6(7)5-9;1-4(2)3;;/h5-8,11,14H,1-3H3;4-6,10,14H,1-3H3;4-7,10,13H,1-3H3;2-6H;1-4H;1-5H;1-3H3;1H;/q;;;;;;-1;;+2/p-1. The quantitative estimate of drug-likeness (QED) is 0.0868. The van der Waals surface area contributed by atoms with Crippen molar-refractivity contribution in [1.29, 1.82) is 0 Å². The van der Waals surface area contributed by atoms with E-state index >= 15 is 0 Å². The zero-order valence-corrected chi connectivity index (χ0v) is 51.7. The van der Waals surface area contributed by atoms with Gasteiger partial charge in [-0.2, -0.15) is 20.8 Å². The Bertz CT molecular complexity index is 2720. The summed E-state index contributed by atoms with van der Waals surface area (Å²) in [5.74, 6) is 1.42. The van der Waals surface area contributed by atoms with Crippen LogP contribution in [-0.4, -0.2) is 57.2 Å². The number of rotatable bonds is 6. The van der Waals surface area contributed by atoms with E-state index in [4.69, 9.17) is 82.7 Å². The van der Waals surface area contributed by atoms with Crippen molar-refractivity contribution < 1.29 is 42.1 Å². The summed E-state index contributed by atoms with van der Waals surface area (Å²) in [6, 6.07) is 38.4. The number of hydrogen-bond acceptors (Lipinski definition) is 6. The molecule has 0 bridgehead atoms. The Labute approximate surface area is 504 Å². The molecule has 6 rings (SSSR count). The zero-order valence-electron chi connectivity index (χ0n) is 45.0. The van der Waals surface area contributed by atoms with Gasteiger partial charge < -0.3 is 33.6 Å². The van der Waals surface area contributed by atoms with Crippen LogP contribution in [0.15, 0.2) is 133 Å². The van der Waals surface area contributed by atoms with Gasteiger partial charge in [-0.15, -0.1) is 0 Å². The predicted octanol–water partition coefficient (Wildman–Crippen LogP) is 16.1. The smallest absolute Gasteiger partial charge is 1.00 e. The van der Waals surface area contributed by atoms with Crippen LogP contribution in [0, 0.1) is 35.3 Å². The molecule has 3 unspecified atom stereocenters. The second-order valence-electron chi connectivity index (χ2n) is 19.8. The van der Waals surface area contributed by atoms with Gasteiger partial charge in [-0.3, -0.25) is 14.4 Å². The summed E-state index contributed by atoms with van der Waals surface area (Å²) in [6.45, 7) is 37.6. The minimum Gasteiger partial charge on any atom is -1.00 e. The van der Waals surface area contributed by atoms with Crippen molar-refractivity contribution in [2.24, 2.45) is 16.2 Å². The molecule has 0 saturated heterocycles. The molecule has 8 nitrogen and oxygen atoms in total. The van der Waals surface area contributed by atoms with Crippen LogP contribution in [0.3, 0.4) is 0 Å². The third-order valence-electron chi connectivity index (χ3n) is 9.62. The SMILES string of the molecule is CC(C)(C)C(O)c1c(Cl)cccc1Cl.CC(C)(C)C(O)c1ccccc1Cl.C[C-](C)C.O=Cc1c(Cl)cccc1Cl.O=Cc1ccccc1Cl.[C-]#[N+]c1ccccc1C(O)C(C)(C)C.[C-]#[N+]c1ccccc1C=O.[Cl-].[Mg+2]. The summed E-state index contributed by atoms with van der Waals surface area (Å²) in [5, 5.41) is 33.0. The van der Waals surface area contributed by atoms with Gasteiger partial charge in [0.05, 0.1) is 52.1 Å². The van der Waals surface area contributed by atoms with E-state index in [9.17, 15) is 29.7 Å². The van der Waals surface area contributed by atoms with E-state index in [1.54, 1.807) is 97.1 Å². The molecule has 3 N–H and O–H groups in total. The zero-order chi connectivity index (χ0) is 57.0. The molecule has 6 aromatic rings. The van der Waals surface area contributed by atoms with Crippen molar-refractivity contribution in [1.82, 2.24) is 0 Å². The maximum atomic E-state index is 10.3.